The van der Waals surface area contributed by atoms with Crippen LogP contribution in [0.2, 0.25) is 0 Å². The third kappa shape index (κ3) is 3.49. The highest BCUT2D eigenvalue weighted by atomic mass is 16.4. The number of benzene rings is 1. The van der Waals surface area contributed by atoms with Crippen LogP contribution in [0.25, 0.3) is 0 Å². The van der Waals surface area contributed by atoms with Crippen molar-refractivity contribution in [2.75, 3.05) is 0 Å². The summed E-state index contributed by atoms with van der Waals surface area (Å²) in [6.07, 6.45) is 4.80. The van der Waals surface area contributed by atoms with Gasteiger partial charge < -0.3 is 10.4 Å². The van der Waals surface area contributed by atoms with E-state index in [-0.39, 0.29) is 17.9 Å². The van der Waals surface area contributed by atoms with E-state index in [4.69, 9.17) is 5.11 Å². The van der Waals surface area contributed by atoms with Gasteiger partial charge in [0, 0.05) is 12.5 Å². The van der Waals surface area contributed by atoms with E-state index in [0.29, 0.717) is 31.1 Å². The van der Waals surface area contributed by atoms with Crippen LogP contribution in [0.3, 0.4) is 0 Å². The van der Waals surface area contributed by atoms with Crippen LogP contribution in [0.5, 0.6) is 0 Å². The Bertz CT molecular complexity index is 537. The molecule has 4 heteroatoms. The Morgan fingerprint density at radius 2 is 1.82 bits per heavy atom. The van der Waals surface area contributed by atoms with Gasteiger partial charge in [-0.15, -0.1) is 0 Å². The first kappa shape index (κ1) is 15.1. The molecule has 0 bridgehead atoms. The predicted molar refractivity (Wildman–Crippen MR) is 83.4 cm³/mol. The van der Waals surface area contributed by atoms with Crippen LogP contribution < -0.4 is 5.32 Å². The number of carboxylic acids is 1. The Morgan fingerprint density at radius 3 is 2.45 bits per heavy atom. The lowest BCUT2D eigenvalue weighted by molar-refractivity contribution is -0.141. The van der Waals surface area contributed by atoms with Crippen LogP contribution in [0.4, 0.5) is 0 Å². The van der Waals surface area contributed by atoms with Crippen molar-refractivity contribution in [3.63, 3.8) is 0 Å². The van der Waals surface area contributed by atoms with Gasteiger partial charge in [0.15, 0.2) is 0 Å². The molecule has 0 radical (unpaired) electrons. The van der Waals surface area contributed by atoms with Crippen molar-refractivity contribution in [3.05, 3.63) is 35.9 Å². The molecule has 1 aromatic carbocycles. The predicted octanol–water partition coefficient (Wildman–Crippen LogP) is 2.94. The summed E-state index contributed by atoms with van der Waals surface area (Å²) in [4.78, 5) is 23.0. The summed E-state index contributed by atoms with van der Waals surface area (Å²) in [5.74, 6) is 0.147. The first-order valence-electron chi connectivity index (χ1n) is 8.19. The highest BCUT2D eigenvalue weighted by Crippen LogP contribution is 2.43. The van der Waals surface area contributed by atoms with Crippen molar-refractivity contribution in [1.29, 1.82) is 0 Å². The van der Waals surface area contributed by atoms with Gasteiger partial charge in [0.1, 0.15) is 0 Å². The molecule has 22 heavy (non-hydrogen) atoms. The summed E-state index contributed by atoms with van der Waals surface area (Å²) in [5, 5.41) is 12.0. The van der Waals surface area contributed by atoms with Crippen molar-refractivity contribution < 1.29 is 14.7 Å². The van der Waals surface area contributed by atoms with Crippen molar-refractivity contribution >= 4 is 11.9 Å². The Balaban J connectivity index is 1.38. The highest BCUT2D eigenvalue weighted by Gasteiger charge is 2.34. The molecule has 1 amide bonds. The van der Waals surface area contributed by atoms with Crippen LogP contribution in [0.1, 0.15) is 50.0 Å². The largest absolute Gasteiger partial charge is 0.481 e. The molecule has 2 aliphatic rings. The van der Waals surface area contributed by atoms with E-state index in [9.17, 15) is 9.59 Å². The molecule has 2 N–H and O–H groups in total. The Labute approximate surface area is 130 Å². The second kappa shape index (κ2) is 6.51. The van der Waals surface area contributed by atoms with E-state index in [1.54, 1.807) is 0 Å². The van der Waals surface area contributed by atoms with E-state index in [2.05, 4.69) is 29.6 Å². The Morgan fingerprint density at radius 1 is 1.09 bits per heavy atom. The van der Waals surface area contributed by atoms with Gasteiger partial charge in [-0.05, 0) is 49.5 Å². The smallest absolute Gasteiger partial charge is 0.306 e. The molecule has 2 saturated carbocycles. The first-order valence-corrected chi connectivity index (χ1v) is 8.19. The highest BCUT2D eigenvalue weighted by molar-refractivity contribution is 5.77. The lowest BCUT2D eigenvalue weighted by Crippen LogP contribution is -2.36. The zero-order valence-electron chi connectivity index (χ0n) is 12.7. The van der Waals surface area contributed by atoms with Gasteiger partial charge >= 0.3 is 5.97 Å². The normalized spacial score (nSPS) is 30.5. The quantitative estimate of drug-likeness (QED) is 0.878. The fourth-order valence-corrected chi connectivity index (χ4v) is 3.79. The summed E-state index contributed by atoms with van der Waals surface area (Å²) in [6.45, 7) is 0. The molecule has 2 atom stereocenters. The van der Waals surface area contributed by atoms with Gasteiger partial charge in [0.2, 0.25) is 5.91 Å². The molecule has 2 fully saturated rings. The lowest BCUT2D eigenvalue weighted by atomic mass is 9.70. The average Bonchev–Trinajstić information content (AvgIpc) is 2.92. The number of amides is 1. The van der Waals surface area contributed by atoms with Crippen molar-refractivity contribution in [2.24, 2.45) is 11.8 Å². The minimum Gasteiger partial charge on any atom is -0.481 e. The molecule has 0 saturated heterocycles. The molecule has 3 rings (SSSR count). The third-order valence-corrected chi connectivity index (χ3v) is 5.13. The molecule has 0 spiro atoms. The van der Waals surface area contributed by atoms with E-state index >= 15 is 0 Å². The minimum absolute atomic E-state index is 0.0543. The van der Waals surface area contributed by atoms with Crippen LogP contribution in [-0.2, 0) is 9.59 Å². The number of carbonyl (C=O) groups is 2. The SMILES string of the molecule is O=C(CC1CC(c2ccccc2)C1)N[C@H]1CC[C@@H](C(=O)O)C1. The zero-order valence-corrected chi connectivity index (χ0v) is 12.7. The molecule has 4 nitrogen and oxygen atoms in total. The first-order chi connectivity index (χ1) is 10.6. The van der Waals surface area contributed by atoms with E-state index in [0.717, 1.165) is 19.3 Å². The number of hydrogen-bond acceptors (Lipinski definition) is 2. The van der Waals surface area contributed by atoms with Crippen LogP contribution in [0.15, 0.2) is 30.3 Å². The average molecular weight is 301 g/mol. The van der Waals surface area contributed by atoms with Gasteiger partial charge in [-0.3, -0.25) is 9.59 Å². The van der Waals surface area contributed by atoms with Gasteiger partial charge in [0.05, 0.1) is 5.92 Å². The minimum atomic E-state index is -0.735. The number of carbonyl (C=O) groups excluding carboxylic acids is 1. The topological polar surface area (TPSA) is 66.4 Å². The second-order valence-electron chi connectivity index (χ2n) is 6.76. The lowest BCUT2D eigenvalue weighted by Gasteiger charge is -2.35. The van der Waals surface area contributed by atoms with E-state index < -0.39 is 5.97 Å². The maximum Gasteiger partial charge on any atom is 0.306 e. The molecule has 0 heterocycles. The fraction of sp³-hybridized carbons (Fsp3) is 0.556. The standard InChI is InChI=1S/C18H23NO3/c20-17(19-16-7-6-14(11-16)18(21)22)10-12-8-15(9-12)13-4-2-1-3-5-13/h1-5,12,14-16H,6-11H2,(H,19,20)(H,21,22)/t12?,14-,15?,16+/m1/s1. The molecule has 2 aliphatic carbocycles. The maximum atomic E-state index is 12.1. The fourth-order valence-electron chi connectivity index (χ4n) is 3.79. The molecular weight excluding hydrogens is 278 g/mol. The van der Waals surface area contributed by atoms with Crippen LogP contribution in [0, 0.1) is 11.8 Å². The monoisotopic (exact) mass is 301 g/mol. The van der Waals surface area contributed by atoms with Gasteiger partial charge in [0.25, 0.3) is 0 Å². The van der Waals surface area contributed by atoms with Crippen molar-refractivity contribution in [1.82, 2.24) is 5.32 Å². The number of rotatable bonds is 5. The molecule has 0 aliphatic heterocycles. The van der Waals surface area contributed by atoms with Crippen LogP contribution >= 0.6 is 0 Å². The summed E-state index contributed by atoms with van der Waals surface area (Å²) in [5.41, 5.74) is 1.37. The van der Waals surface area contributed by atoms with E-state index in [1.165, 1.54) is 5.56 Å². The number of carboxylic acid groups (broad SMARTS) is 1. The molecule has 1 aromatic rings. The van der Waals surface area contributed by atoms with Crippen molar-refractivity contribution in [2.45, 2.75) is 50.5 Å². The third-order valence-electron chi connectivity index (χ3n) is 5.13. The Kier molecular flexibility index (Phi) is 4.46. The van der Waals surface area contributed by atoms with E-state index in [1.807, 2.05) is 6.07 Å². The summed E-state index contributed by atoms with van der Waals surface area (Å²) >= 11 is 0. The van der Waals surface area contributed by atoms with Gasteiger partial charge in [-0.25, -0.2) is 0 Å². The van der Waals surface area contributed by atoms with Gasteiger partial charge in [-0.2, -0.15) is 0 Å². The Hall–Kier alpha value is -1.84. The molecule has 0 unspecified atom stereocenters. The number of nitrogens with one attached hydrogen (secondary N) is 1. The summed E-state index contributed by atoms with van der Waals surface area (Å²) < 4.78 is 0. The number of aliphatic carboxylic acids is 1. The zero-order chi connectivity index (χ0) is 15.5. The second-order valence-corrected chi connectivity index (χ2v) is 6.76. The summed E-state index contributed by atoms with van der Waals surface area (Å²) in [6, 6.07) is 10.5. The molecule has 118 valence electrons. The summed E-state index contributed by atoms with van der Waals surface area (Å²) in [7, 11) is 0. The van der Waals surface area contributed by atoms with Gasteiger partial charge in [-0.1, -0.05) is 30.3 Å². The molecular formula is C18H23NO3. The van der Waals surface area contributed by atoms with Crippen LogP contribution in [-0.4, -0.2) is 23.0 Å². The van der Waals surface area contributed by atoms with Crippen molar-refractivity contribution in [3.8, 4) is 0 Å². The number of hydrogen-bond donors (Lipinski definition) is 2. The maximum absolute atomic E-state index is 12.1. The molecule has 0 aromatic heterocycles.